The number of hydrogen-bond donors (Lipinski definition) is 9. The number of H-pyrrole nitrogens is 1. The average Bonchev–Trinajstić information content (AvgIpc) is 3.91. The van der Waals surface area contributed by atoms with E-state index in [4.69, 9.17) is 27.1 Å². The minimum Gasteiger partial charge on any atom is -0.508 e. The molecule has 2 aromatic carbocycles. The molecule has 3 aromatic rings. The molecule has 0 aliphatic carbocycles. The van der Waals surface area contributed by atoms with Crippen LogP contribution in [0.3, 0.4) is 0 Å². The summed E-state index contributed by atoms with van der Waals surface area (Å²) in [4.78, 5) is 23.3. The fourth-order valence-corrected chi connectivity index (χ4v) is 8.97. The predicted octanol–water partition coefficient (Wildman–Crippen LogP) is 7.17. The van der Waals surface area contributed by atoms with E-state index in [1.54, 1.807) is 12.1 Å². The normalized spacial score (nSPS) is 15.0. The molecular formula is C43H73N11O2S2. The van der Waals surface area contributed by atoms with Crippen LogP contribution in [0.1, 0.15) is 95.9 Å². The molecule has 0 bridgehead atoms. The van der Waals surface area contributed by atoms with E-state index in [1.807, 2.05) is 83.8 Å². The highest BCUT2D eigenvalue weighted by atomic mass is 33.1. The van der Waals surface area contributed by atoms with Gasteiger partial charge in [0.15, 0.2) is 5.96 Å². The van der Waals surface area contributed by atoms with Gasteiger partial charge in [-0.25, -0.2) is 4.98 Å². The number of benzene rings is 2. The van der Waals surface area contributed by atoms with Crippen molar-refractivity contribution in [3.8, 4) is 5.75 Å². The van der Waals surface area contributed by atoms with E-state index in [0.29, 0.717) is 12.2 Å². The summed E-state index contributed by atoms with van der Waals surface area (Å²) >= 11 is 0. The molecule has 2 aliphatic heterocycles. The van der Waals surface area contributed by atoms with Crippen molar-refractivity contribution in [2.24, 2.45) is 5.73 Å². The third-order valence-corrected chi connectivity index (χ3v) is 12.7. The van der Waals surface area contributed by atoms with Crippen LogP contribution in [0.5, 0.6) is 5.75 Å². The van der Waals surface area contributed by atoms with E-state index >= 15 is 0 Å². The second-order valence-corrected chi connectivity index (χ2v) is 17.4. The number of phenols is 1. The number of aromatic amines is 1. The Bertz CT molecular complexity index is 1540. The molecule has 3 heterocycles. The second-order valence-electron chi connectivity index (χ2n) is 14.6. The number of aromatic nitrogens is 2. The van der Waals surface area contributed by atoms with Crippen LogP contribution in [-0.2, 0) is 17.8 Å². The number of para-hydroxylation sites is 2. The number of unbranched alkanes of at least 4 members (excludes halogenated alkanes) is 1. The summed E-state index contributed by atoms with van der Waals surface area (Å²) in [6.45, 7) is 11.3. The minimum atomic E-state index is 0.177. The van der Waals surface area contributed by atoms with Gasteiger partial charge in [-0.15, -0.1) is 0 Å². The summed E-state index contributed by atoms with van der Waals surface area (Å²) in [5.41, 5.74) is 10.3. The van der Waals surface area contributed by atoms with Crippen molar-refractivity contribution in [1.29, 1.82) is 16.2 Å². The first-order chi connectivity index (χ1) is 28.0. The molecule has 324 valence electrons. The summed E-state index contributed by atoms with van der Waals surface area (Å²) in [5, 5.41) is 41.5. The molecule has 58 heavy (non-hydrogen) atoms. The molecule has 1 unspecified atom stereocenters. The van der Waals surface area contributed by atoms with E-state index in [0.717, 1.165) is 137 Å². The van der Waals surface area contributed by atoms with E-state index < -0.39 is 0 Å². The number of fused-ring (bicyclic) bond motifs is 1. The van der Waals surface area contributed by atoms with Gasteiger partial charge >= 0.3 is 0 Å². The first-order valence-corrected chi connectivity index (χ1v) is 23.4. The van der Waals surface area contributed by atoms with Gasteiger partial charge in [-0.05, 0) is 121 Å². The van der Waals surface area contributed by atoms with E-state index in [1.165, 1.54) is 30.6 Å². The highest BCUT2D eigenvalue weighted by Gasteiger charge is 2.16. The fourth-order valence-electron chi connectivity index (χ4n) is 5.94. The Hall–Kier alpha value is -3.63. The van der Waals surface area contributed by atoms with Crippen LogP contribution in [0.15, 0.2) is 48.5 Å². The van der Waals surface area contributed by atoms with E-state index in [-0.39, 0.29) is 11.9 Å². The summed E-state index contributed by atoms with van der Waals surface area (Å²) in [7, 11) is 7.99. The van der Waals surface area contributed by atoms with Crippen LogP contribution >= 0.6 is 21.6 Å². The number of nitrogens with one attached hydrogen (secondary N) is 7. The lowest BCUT2D eigenvalue weighted by atomic mass is 10.1. The molecule has 15 heteroatoms. The number of piperazine rings is 1. The Morgan fingerprint density at radius 2 is 1.59 bits per heavy atom. The molecule has 2 saturated heterocycles. The van der Waals surface area contributed by atoms with Crippen molar-refractivity contribution in [2.75, 3.05) is 65.7 Å². The van der Waals surface area contributed by atoms with Gasteiger partial charge in [-0.2, -0.15) is 0 Å². The Kier molecular flexibility index (Phi) is 27.3. The van der Waals surface area contributed by atoms with Crippen molar-refractivity contribution >= 4 is 55.9 Å². The number of likely N-dealkylation sites (N-methyl/N-ethyl adjacent to an activating group) is 1. The number of carbonyl (C=O) groups excluding carboxylic acids is 1. The van der Waals surface area contributed by atoms with Crippen molar-refractivity contribution in [2.45, 2.75) is 103 Å². The first-order valence-electron chi connectivity index (χ1n) is 21.1. The number of nitrogens with two attached hydrogens (primary N) is 1. The maximum atomic E-state index is 11.6. The summed E-state index contributed by atoms with van der Waals surface area (Å²) < 4.78 is 0. The number of imidazole rings is 1. The van der Waals surface area contributed by atoms with Gasteiger partial charge in [0.05, 0.1) is 17.6 Å². The van der Waals surface area contributed by atoms with Crippen LogP contribution in [0, 0.1) is 16.2 Å². The average molecular weight is 840 g/mol. The lowest BCUT2D eigenvalue weighted by Crippen LogP contribution is -2.49. The minimum absolute atomic E-state index is 0.177. The van der Waals surface area contributed by atoms with Gasteiger partial charge < -0.3 is 52.4 Å². The molecule has 0 saturated carbocycles. The Morgan fingerprint density at radius 3 is 2.19 bits per heavy atom. The molecule has 0 radical (unpaired) electrons. The first kappa shape index (κ1) is 50.5. The number of nitrogens with zero attached hydrogens (tertiary/aromatic N) is 3. The molecule has 5 rings (SSSR count). The Morgan fingerprint density at radius 1 is 0.914 bits per heavy atom. The molecule has 0 spiro atoms. The van der Waals surface area contributed by atoms with Crippen molar-refractivity contribution < 1.29 is 9.90 Å². The molecule has 2 aliphatic rings. The molecule has 1 aromatic heterocycles. The van der Waals surface area contributed by atoms with Crippen molar-refractivity contribution in [3.63, 3.8) is 0 Å². The lowest BCUT2D eigenvalue weighted by Gasteiger charge is -2.32. The molecule has 10 N–H and O–H groups in total. The van der Waals surface area contributed by atoms with Gasteiger partial charge in [-0.1, -0.05) is 66.1 Å². The monoisotopic (exact) mass is 840 g/mol. The largest absolute Gasteiger partial charge is 0.508 e. The maximum absolute atomic E-state index is 11.6. The fraction of sp³-hybridized carbons (Fsp3) is 0.605. The number of carbonyl (C=O) groups is 1. The van der Waals surface area contributed by atoms with Crippen LogP contribution in [0.4, 0.5) is 0 Å². The number of rotatable bonds is 20. The van der Waals surface area contributed by atoms with E-state index in [2.05, 4.69) is 37.9 Å². The van der Waals surface area contributed by atoms with Gasteiger partial charge in [0.1, 0.15) is 11.6 Å². The SMILES string of the molecule is CCC(=N)CCCNC(=O)CCCCC1CCSS1.CCC(=N)CCCNCCc1ccc(O)cc1.CN1CCN(C(=N)N)CC1.CNCc1nc2ccccc2[nH]1. The second kappa shape index (κ2) is 31.3. The number of phenolic OH excluding ortho intramolecular Hbond substituents is 1. The van der Waals surface area contributed by atoms with Gasteiger partial charge in [0.25, 0.3) is 0 Å². The quantitative estimate of drug-likeness (QED) is 0.0243. The van der Waals surface area contributed by atoms with Gasteiger partial charge in [0, 0.05) is 61.6 Å². The zero-order chi connectivity index (χ0) is 42.4. The Balaban J connectivity index is 0.000000274. The highest BCUT2D eigenvalue weighted by Crippen LogP contribution is 2.39. The van der Waals surface area contributed by atoms with Gasteiger partial charge in [0.2, 0.25) is 5.91 Å². The number of hydrogen-bond acceptors (Lipinski definition) is 11. The third-order valence-electron chi connectivity index (χ3n) is 9.72. The predicted molar refractivity (Wildman–Crippen MR) is 249 cm³/mol. The molecule has 1 atom stereocenters. The summed E-state index contributed by atoms with van der Waals surface area (Å²) in [5.74, 6) is 2.98. The zero-order valence-corrected chi connectivity index (χ0v) is 37.3. The number of amides is 1. The Labute approximate surface area is 356 Å². The van der Waals surface area contributed by atoms with Crippen LogP contribution in [0.25, 0.3) is 11.0 Å². The van der Waals surface area contributed by atoms with Crippen molar-refractivity contribution in [3.05, 3.63) is 59.9 Å². The lowest BCUT2D eigenvalue weighted by molar-refractivity contribution is -0.121. The van der Waals surface area contributed by atoms with Crippen molar-refractivity contribution in [1.82, 2.24) is 35.7 Å². The molecule has 1 amide bonds. The highest BCUT2D eigenvalue weighted by molar-refractivity contribution is 8.77. The smallest absolute Gasteiger partial charge is 0.219 e. The molecular weight excluding hydrogens is 767 g/mol. The van der Waals surface area contributed by atoms with Crippen LogP contribution < -0.4 is 21.7 Å². The summed E-state index contributed by atoms with van der Waals surface area (Å²) in [6.07, 6.45) is 11.8. The van der Waals surface area contributed by atoms with Gasteiger partial charge in [-0.3, -0.25) is 10.2 Å². The topological polar surface area (TPSA) is 206 Å². The molecule has 13 nitrogen and oxygen atoms in total. The molecule has 2 fully saturated rings. The van der Waals surface area contributed by atoms with Crippen LogP contribution in [-0.4, -0.2) is 119 Å². The number of guanidine groups is 1. The third kappa shape index (κ3) is 23.7. The van der Waals surface area contributed by atoms with E-state index in [9.17, 15) is 4.79 Å². The summed E-state index contributed by atoms with van der Waals surface area (Å²) in [6, 6.07) is 15.4. The maximum Gasteiger partial charge on any atom is 0.219 e. The standard InChI is InChI=1S/C14H26N2OS2.C14H22N2O.C9H11N3.C6H14N4/c1-2-12(15)6-5-10-16-14(17)8-4-3-7-13-9-11-18-19-13;1-2-13(15)4-3-10-16-11-9-12-5-7-14(17)8-6-12;1-10-6-9-11-7-4-2-3-5-8(7)12-9;1-9-2-4-10(5-3-9)6(7)8/h13,15H,2-11H2,1H3,(H,16,17);5-8,15-17H,2-4,9-11H2,1H3;2-5,10H,6H2,1H3,(H,11,12);2-5H2,1H3,(H3,7,8). The van der Waals surface area contributed by atoms with Crippen LogP contribution in [0.2, 0.25) is 0 Å². The number of aromatic hydroxyl groups is 1. The zero-order valence-electron chi connectivity index (χ0n) is 35.6.